The maximum Gasteiger partial charge on any atom is 1.00 e. The molecule has 0 atom stereocenters. The first-order valence-electron chi connectivity index (χ1n) is 9.20. The van der Waals surface area contributed by atoms with Crippen LogP contribution in [0.1, 0.15) is 44.6 Å². The Labute approximate surface area is 196 Å². The van der Waals surface area contributed by atoms with Crippen molar-refractivity contribution < 1.29 is 34.1 Å². The van der Waals surface area contributed by atoms with Crippen molar-refractivity contribution in [2.75, 3.05) is 0 Å². The first-order valence-corrected chi connectivity index (χ1v) is 9.20. The van der Waals surface area contributed by atoms with Gasteiger partial charge < -0.3 is 9.97 Å². The summed E-state index contributed by atoms with van der Waals surface area (Å²) < 4.78 is 0. The van der Waals surface area contributed by atoms with E-state index in [2.05, 4.69) is 39.0 Å². The average molecular weight is 490 g/mol. The summed E-state index contributed by atoms with van der Waals surface area (Å²) in [5.41, 5.74) is 3.20. The Kier molecular flexibility index (Phi) is 18.4. The molecule has 0 radical (unpaired) electrons. The summed E-state index contributed by atoms with van der Waals surface area (Å²) in [5.74, 6) is 0. The Bertz CT molecular complexity index is 699. The monoisotopic (exact) mass is 488 g/mol. The summed E-state index contributed by atoms with van der Waals surface area (Å²) in [6, 6.07) is 18.7. The largest absolute Gasteiger partial charge is 1.00 e. The van der Waals surface area contributed by atoms with Gasteiger partial charge in [-0.3, -0.25) is 9.98 Å². The summed E-state index contributed by atoms with van der Waals surface area (Å²) in [5, 5.41) is 0. The topological polar surface area (TPSA) is 52.9 Å². The molecule has 4 nitrogen and oxygen atoms in total. The molecule has 0 amide bonds. The van der Waals surface area contributed by atoms with Crippen LogP contribution >= 0.6 is 0 Å². The molecule has 0 saturated heterocycles. The summed E-state index contributed by atoms with van der Waals surface area (Å²) >= 11 is 0. The molecule has 3 aromatic rings. The molecule has 0 aliphatic rings. The molecule has 2 heterocycles. The van der Waals surface area contributed by atoms with Crippen molar-refractivity contribution in [2.24, 2.45) is 9.98 Å². The molecule has 2 aromatic heterocycles. The third-order valence-electron chi connectivity index (χ3n) is 3.10. The van der Waals surface area contributed by atoms with Crippen LogP contribution in [0.25, 0.3) is 0 Å². The zero-order chi connectivity index (χ0) is 19.9. The number of benzene rings is 1. The second-order valence-electron chi connectivity index (χ2n) is 6.52. The first-order chi connectivity index (χ1) is 13.0. The van der Waals surface area contributed by atoms with Crippen LogP contribution in [0.15, 0.2) is 77.0 Å². The Hall–Kier alpha value is -1.84. The number of hydrogen-bond acceptors (Lipinski definition) is 2. The minimum absolute atomic E-state index is 0. The molecule has 0 aliphatic heterocycles. The van der Waals surface area contributed by atoms with Gasteiger partial charge in [0.05, 0.1) is 0 Å². The number of aryl methyl sites for hydroxylation is 1. The predicted molar refractivity (Wildman–Crippen MR) is 116 cm³/mol. The number of rotatable bonds is 4. The van der Waals surface area contributed by atoms with Gasteiger partial charge in [-0.15, -0.1) is 11.4 Å². The van der Waals surface area contributed by atoms with Gasteiger partial charge in [-0.25, -0.2) is 0 Å². The molecule has 6 heteroatoms. The van der Waals surface area contributed by atoms with E-state index in [1.54, 1.807) is 24.8 Å². The number of nitrogens with zero attached hydrogens (tertiary/aromatic N) is 4. The van der Waals surface area contributed by atoms with Gasteiger partial charge in [0.2, 0.25) is 0 Å². The molecule has 0 fully saturated rings. The van der Waals surface area contributed by atoms with E-state index in [0.29, 0.717) is 12.1 Å². The summed E-state index contributed by atoms with van der Waals surface area (Å²) in [4.78, 5) is 16.4. The Morgan fingerprint density at radius 3 is 1.31 bits per heavy atom. The van der Waals surface area contributed by atoms with Crippen LogP contribution in [0, 0.1) is 6.92 Å². The van der Waals surface area contributed by atoms with E-state index < -0.39 is 0 Å². The predicted octanol–water partition coefficient (Wildman–Crippen LogP) is 4.93. The SMILES string of the molecule is CC(C)N=Cc1ccc[n-]1.CC(C)N=Cc1ccc[n-]1.Cc1ccccc1.[Cu+].[Cu+]. The van der Waals surface area contributed by atoms with Gasteiger partial charge in [0.1, 0.15) is 0 Å². The normalized spacial score (nSPS) is 10.0. The van der Waals surface area contributed by atoms with Gasteiger partial charge in [0, 0.05) is 24.5 Å². The Balaban J connectivity index is 0. The van der Waals surface area contributed by atoms with E-state index in [-0.39, 0.29) is 34.1 Å². The van der Waals surface area contributed by atoms with Crippen molar-refractivity contribution in [3.8, 4) is 0 Å². The van der Waals surface area contributed by atoms with Gasteiger partial charge in [0.25, 0.3) is 0 Å². The smallest absolute Gasteiger partial charge is 0.663 e. The molecule has 3 rings (SSSR count). The second kappa shape index (κ2) is 18.2. The molecule has 0 bridgehead atoms. The zero-order valence-corrected chi connectivity index (χ0v) is 19.4. The minimum Gasteiger partial charge on any atom is -0.663 e. The maximum atomic E-state index is 4.18. The van der Waals surface area contributed by atoms with Gasteiger partial charge in [-0.1, -0.05) is 60.2 Å². The third-order valence-corrected chi connectivity index (χ3v) is 3.10. The van der Waals surface area contributed by atoms with E-state index in [4.69, 9.17) is 0 Å². The molecule has 0 unspecified atom stereocenters. The number of aliphatic imine (C=N–C) groups is 2. The molecule has 0 aliphatic carbocycles. The zero-order valence-electron chi connectivity index (χ0n) is 17.6. The van der Waals surface area contributed by atoms with Crippen LogP contribution in [-0.4, -0.2) is 24.5 Å². The van der Waals surface area contributed by atoms with Crippen LogP contribution in [0.2, 0.25) is 0 Å². The fraction of sp³-hybridized carbons (Fsp3) is 0.304. The summed E-state index contributed by atoms with van der Waals surface area (Å²) in [6.45, 7) is 10.2. The first kappa shape index (κ1) is 29.4. The molecule has 0 saturated carbocycles. The van der Waals surface area contributed by atoms with E-state index in [1.807, 2.05) is 70.2 Å². The molecular weight excluding hydrogens is 459 g/mol. The van der Waals surface area contributed by atoms with Crippen LogP contribution in [0.5, 0.6) is 0 Å². The molecule has 29 heavy (non-hydrogen) atoms. The van der Waals surface area contributed by atoms with Crippen LogP contribution in [0.4, 0.5) is 0 Å². The average Bonchev–Trinajstić information content (AvgIpc) is 3.34. The van der Waals surface area contributed by atoms with Crippen LogP contribution in [0.3, 0.4) is 0 Å². The van der Waals surface area contributed by atoms with Crippen LogP contribution in [-0.2, 0) is 34.1 Å². The van der Waals surface area contributed by atoms with Crippen molar-refractivity contribution in [1.82, 2.24) is 9.97 Å². The number of hydrogen-bond donors (Lipinski definition) is 0. The Morgan fingerprint density at radius 1 is 0.655 bits per heavy atom. The van der Waals surface area contributed by atoms with Gasteiger partial charge in [-0.2, -0.15) is 12.4 Å². The van der Waals surface area contributed by atoms with E-state index >= 15 is 0 Å². The van der Waals surface area contributed by atoms with Crippen molar-refractivity contribution in [3.63, 3.8) is 0 Å². The summed E-state index contributed by atoms with van der Waals surface area (Å²) in [7, 11) is 0. The van der Waals surface area contributed by atoms with Crippen molar-refractivity contribution >= 4 is 12.4 Å². The fourth-order valence-corrected chi connectivity index (χ4v) is 1.77. The quantitative estimate of drug-likeness (QED) is 0.385. The standard InChI is InChI=1S/2C8H11N2.C7H8.2Cu/c2*1-7(2)10-6-8-4-3-5-9-8;1-7-5-3-2-4-6-7;;/h2*3-7H,1-2H3;2-6H,1H3;;/q2*-1;;2*+1. The minimum atomic E-state index is 0. The summed E-state index contributed by atoms with van der Waals surface area (Å²) in [6.07, 6.45) is 7.12. The van der Waals surface area contributed by atoms with E-state index in [9.17, 15) is 0 Å². The van der Waals surface area contributed by atoms with Gasteiger partial charge in [-0.05, 0) is 34.6 Å². The van der Waals surface area contributed by atoms with Crippen molar-refractivity contribution in [1.29, 1.82) is 0 Å². The molecular formula is C23H30Cu2N4. The fourth-order valence-electron chi connectivity index (χ4n) is 1.77. The van der Waals surface area contributed by atoms with Crippen molar-refractivity contribution in [2.45, 2.75) is 46.7 Å². The van der Waals surface area contributed by atoms with E-state index in [0.717, 1.165) is 11.4 Å². The second-order valence-corrected chi connectivity index (χ2v) is 6.52. The van der Waals surface area contributed by atoms with E-state index in [1.165, 1.54) is 5.56 Å². The van der Waals surface area contributed by atoms with Gasteiger partial charge >= 0.3 is 34.1 Å². The maximum absolute atomic E-state index is 4.18. The van der Waals surface area contributed by atoms with Crippen molar-refractivity contribution in [3.05, 3.63) is 83.9 Å². The Morgan fingerprint density at radius 2 is 1.07 bits per heavy atom. The van der Waals surface area contributed by atoms with Gasteiger partial charge in [0.15, 0.2) is 0 Å². The third kappa shape index (κ3) is 16.8. The molecule has 164 valence electrons. The van der Waals surface area contributed by atoms with Crippen LogP contribution < -0.4 is 9.97 Å². The molecule has 1 aromatic carbocycles. The molecule has 0 N–H and O–H groups in total. The molecule has 0 spiro atoms. The number of aromatic nitrogens is 2.